The molecule has 0 amide bonds. The number of hydrogen-bond donors (Lipinski definition) is 3. The molecular weight excluding hydrogens is 376 g/mol. The predicted molar refractivity (Wildman–Crippen MR) is 116 cm³/mol. The van der Waals surface area contributed by atoms with E-state index in [-0.39, 0.29) is 0 Å². The molecular formula is C22H20N8. The number of nitrogens with two attached hydrogens (primary N) is 1. The number of pyridine rings is 1. The quantitative estimate of drug-likeness (QED) is 0.577. The number of fused-ring (bicyclic) bond motifs is 1. The summed E-state index contributed by atoms with van der Waals surface area (Å²) in [7, 11) is 2.09. The molecule has 0 unspecified atom stereocenters. The Morgan fingerprint density at radius 3 is 2.83 bits per heavy atom. The van der Waals surface area contributed by atoms with Gasteiger partial charge in [0.05, 0.1) is 6.20 Å². The number of terminal acetylenes is 1. The van der Waals surface area contributed by atoms with Gasteiger partial charge < -0.3 is 21.3 Å². The van der Waals surface area contributed by atoms with Gasteiger partial charge in [-0.05, 0) is 48.9 Å². The highest BCUT2D eigenvalue weighted by Gasteiger charge is 2.17. The van der Waals surface area contributed by atoms with E-state index >= 15 is 0 Å². The summed E-state index contributed by atoms with van der Waals surface area (Å²) in [5.41, 5.74) is 10.1. The summed E-state index contributed by atoms with van der Waals surface area (Å²) in [5.74, 6) is 4.32. The molecule has 1 aliphatic heterocycles. The minimum Gasteiger partial charge on any atom is -0.384 e. The van der Waals surface area contributed by atoms with Crippen LogP contribution in [0.3, 0.4) is 0 Å². The summed E-state index contributed by atoms with van der Waals surface area (Å²) in [6, 6.07) is 11.3. The minimum absolute atomic E-state index is 0.293. The average Bonchev–Trinajstić information content (AvgIpc) is 2.73. The topological polar surface area (TPSA) is 116 Å². The van der Waals surface area contributed by atoms with Crippen LogP contribution in [0.15, 0.2) is 36.5 Å². The molecule has 0 spiro atoms. The number of likely N-dealkylation sites (N-methyl/N-ethyl adjacent to an activating group) is 1. The molecule has 0 bridgehead atoms. The lowest BCUT2D eigenvalue weighted by Gasteiger charge is -2.26. The molecule has 0 saturated heterocycles. The smallest absolute Gasteiger partial charge is 0.229 e. The summed E-state index contributed by atoms with van der Waals surface area (Å²) in [5, 5.41) is 15.6. The molecule has 3 aromatic rings. The van der Waals surface area contributed by atoms with Crippen LogP contribution >= 0.6 is 0 Å². The molecule has 0 saturated carbocycles. The molecule has 1 aliphatic rings. The maximum atomic E-state index is 9.39. The summed E-state index contributed by atoms with van der Waals surface area (Å²) in [4.78, 5) is 15.1. The van der Waals surface area contributed by atoms with Crippen LogP contribution in [0, 0.1) is 23.7 Å². The van der Waals surface area contributed by atoms with Crippen LogP contribution in [-0.2, 0) is 13.0 Å². The Bertz CT molecular complexity index is 1190. The third kappa shape index (κ3) is 4.00. The monoisotopic (exact) mass is 396 g/mol. The third-order valence-corrected chi connectivity index (χ3v) is 4.86. The highest BCUT2D eigenvalue weighted by molar-refractivity contribution is 5.66. The number of benzene rings is 1. The van der Waals surface area contributed by atoms with Crippen molar-refractivity contribution in [3.8, 4) is 18.4 Å². The number of aromatic nitrogens is 3. The molecule has 30 heavy (non-hydrogen) atoms. The molecule has 4 rings (SSSR count). The summed E-state index contributed by atoms with van der Waals surface area (Å²) >= 11 is 0. The number of anilines is 5. The molecule has 0 radical (unpaired) electrons. The van der Waals surface area contributed by atoms with E-state index in [2.05, 4.69) is 55.6 Å². The first-order valence-corrected chi connectivity index (χ1v) is 9.40. The molecule has 8 nitrogen and oxygen atoms in total. The molecule has 3 heterocycles. The van der Waals surface area contributed by atoms with Crippen molar-refractivity contribution < 1.29 is 0 Å². The van der Waals surface area contributed by atoms with Gasteiger partial charge in [-0.2, -0.15) is 10.2 Å². The van der Waals surface area contributed by atoms with Crippen molar-refractivity contribution >= 4 is 29.1 Å². The van der Waals surface area contributed by atoms with Crippen LogP contribution in [0.2, 0.25) is 0 Å². The van der Waals surface area contributed by atoms with Gasteiger partial charge in [-0.15, -0.1) is 6.42 Å². The number of nitriles is 1. The first kappa shape index (κ1) is 19.2. The highest BCUT2D eigenvalue weighted by atomic mass is 15.2. The Balaban J connectivity index is 1.65. The van der Waals surface area contributed by atoms with Gasteiger partial charge in [0, 0.05) is 24.3 Å². The highest BCUT2D eigenvalue weighted by Crippen LogP contribution is 2.28. The van der Waals surface area contributed by atoms with Gasteiger partial charge in [0.1, 0.15) is 23.3 Å². The number of nitrogen functional groups attached to an aromatic ring is 1. The fraction of sp³-hybridized carbons (Fsp3) is 0.182. The van der Waals surface area contributed by atoms with E-state index < -0.39 is 0 Å². The molecule has 8 heteroatoms. The van der Waals surface area contributed by atoms with E-state index in [0.717, 1.165) is 30.8 Å². The first-order valence-electron chi connectivity index (χ1n) is 9.40. The number of rotatable bonds is 4. The summed E-state index contributed by atoms with van der Waals surface area (Å²) in [6.45, 7) is 1.82. The predicted octanol–water partition coefficient (Wildman–Crippen LogP) is 2.78. The standard InChI is InChI=1S/C22H20N8/c1-3-14-9-17(10-15-13-30(2)8-7-18(14)15)26-22-25-12-16(11-23)21(29-22)28-20-6-4-5-19(24)27-20/h1,4-6,9-10,12H,7-8,13H2,2H3,(H4,24,25,26,27,28,29). The van der Waals surface area contributed by atoms with Gasteiger partial charge in [-0.25, -0.2) is 9.97 Å². The van der Waals surface area contributed by atoms with Gasteiger partial charge in [0.2, 0.25) is 5.95 Å². The lowest BCUT2D eigenvalue weighted by atomic mass is 9.94. The Labute approximate surface area is 174 Å². The van der Waals surface area contributed by atoms with Crippen molar-refractivity contribution in [3.63, 3.8) is 0 Å². The Kier molecular flexibility index (Phi) is 5.17. The molecule has 2 aromatic heterocycles. The van der Waals surface area contributed by atoms with Gasteiger partial charge >= 0.3 is 0 Å². The minimum atomic E-state index is 0.293. The largest absolute Gasteiger partial charge is 0.384 e. The van der Waals surface area contributed by atoms with E-state index in [1.807, 2.05) is 6.07 Å². The molecule has 4 N–H and O–H groups in total. The summed E-state index contributed by atoms with van der Waals surface area (Å²) < 4.78 is 0. The summed E-state index contributed by atoms with van der Waals surface area (Å²) in [6.07, 6.45) is 8.13. The molecule has 0 atom stereocenters. The van der Waals surface area contributed by atoms with E-state index in [4.69, 9.17) is 12.2 Å². The Morgan fingerprint density at radius 2 is 2.07 bits per heavy atom. The zero-order valence-electron chi connectivity index (χ0n) is 16.5. The molecule has 1 aromatic carbocycles. The maximum Gasteiger partial charge on any atom is 0.229 e. The van der Waals surface area contributed by atoms with Crippen molar-refractivity contribution in [2.75, 3.05) is 30.0 Å². The van der Waals surface area contributed by atoms with Crippen LogP contribution in [0.25, 0.3) is 0 Å². The van der Waals surface area contributed by atoms with Crippen LogP contribution in [0.4, 0.5) is 29.1 Å². The molecule has 148 valence electrons. The van der Waals surface area contributed by atoms with Crippen LogP contribution < -0.4 is 16.4 Å². The number of hydrogen-bond acceptors (Lipinski definition) is 8. The van der Waals surface area contributed by atoms with E-state index in [0.29, 0.717) is 29.0 Å². The average molecular weight is 396 g/mol. The lowest BCUT2D eigenvalue weighted by molar-refractivity contribution is 0.313. The van der Waals surface area contributed by atoms with Crippen LogP contribution in [0.1, 0.15) is 22.3 Å². The van der Waals surface area contributed by atoms with Crippen molar-refractivity contribution in [1.82, 2.24) is 19.9 Å². The first-order chi connectivity index (χ1) is 14.6. The van der Waals surface area contributed by atoms with Gasteiger partial charge in [0.15, 0.2) is 5.82 Å². The van der Waals surface area contributed by atoms with Crippen LogP contribution in [0.5, 0.6) is 0 Å². The SMILES string of the molecule is C#Cc1cc(Nc2ncc(C#N)c(Nc3cccc(N)n3)n2)cc2c1CCN(C)C2. The lowest BCUT2D eigenvalue weighted by Crippen LogP contribution is -2.27. The van der Waals surface area contributed by atoms with Crippen molar-refractivity contribution in [2.24, 2.45) is 0 Å². The normalized spacial score (nSPS) is 13.0. The molecule has 0 fully saturated rings. The zero-order valence-corrected chi connectivity index (χ0v) is 16.5. The number of nitrogens with zero attached hydrogens (tertiary/aromatic N) is 5. The maximum absolute atomic E-state index is 9.39. The second kappa shape index (κ2) is 8.08. The fourth-order valence-corrected chi connectivity index (χ4v) is 3.43. The van der Waals surface area contributed by atoms with Gasteiger partial charge in [0.25, 0.3) is 0 Å². The zero-order chi connectivity index (χ0) is 21.1. The van der Waals surface area contributed by atoms with E-state index in [9.17, 15) is 5.26 Å². The van der Waals surface area contributed by atoms with Gasteiger partial charge in [-0.1, -0.05) is 12.0 Å². The molecule has 0 aliphatic carbocycles. The van der Waals surface area contributed by atoms with E-state index in [1.54, 1.807) is 18.2 Å². The van der Waals surface area contributed by atoms with Crippen molar-refractivity contribution in [1.29, 1.82) is 5.26 Å². The second-order valence-corrected chi connectivity index (χ2v) is 7.06. The van der Waals surface area contributed by atoms with E-state index in [1.165, 1.54) is 17.3 Å². The second-order valence-electron chi connectivity index (χ2n) is 7.06. The number of nitrogens with one attached hydrogen (secondary N) is 2. The van der Waals surface area contributed by atoms with Gasteiger partial charge in [-0.3, -0.25) is 0 Å². The van der Waals surface area contributed by atoms with Crippen molar-refractivity contribution in [3.05, 3.63) is 58.8 Å². The fourth-order valence-electron chi connectivity index (χ4n) is 3.43. The Hall–Kier alpha value is -4.14. The van der Waals surface area contributed by atoms with Crippen molar-refractivity contribution in [2.45, 2.75) is 13.0 Å². The third-order valence-electron chi connectivity index (χ3n) is 4.86. The Morgan fingerprint density at radius 1 is 1.20 bits per heavy atom. The van der Waals surface area contributed by atoms with Crippen LogP contribution in [-0.4, -0.2) is 33.4 Å².